The maximum Gasteiger partial charge on any atom is 0.416 e. The van der Waals surface area contributed by atoms with Crippen LogP contribution in [0, 0.1) is 0 Å². The first-order valence-electron chi connectivity index (χ1n) is 11.2. The van der Waals surface area contributed by atoms with Crippen molar-refractivity contribution in [1.29, 1.82) is 0 Å². The standard InChI is InChI=1S/C27H24F3N3O/c1-15(2)19-9-6-10-21-16(3)20-7-4-5-8-22(20)24(31-23(19)21)26-32-25(33-34-26)17-11-13-18(14-12-17)27(28,29)30/h4-16,24,31H,1-3H3. The van der Waals surface area contributed by atoms with Gasteiger partial charge in [0, 0.05) is 17.2 Å². The van der Waals surface area contributed by atoms with Crippen molar-refractivity contribution in [3.63, 3.8) is 0 Å². The molecular formula is C27H24F3N3O. The highest BCUT2D eigenvalue weighted by Gasteiger charge is 2.33. The third kappa shape index (κ3) is 3.85. The summed E-state index contributed by atoms with van der Waals surface area (Å²) in [4.78, 5) is 4.59. The average molecular weight is 464 g/mol. The monoisotopic (exact) mass is 463 g/mol. The molecule has 0 fully saturated rings. The predicted octanol–water partition coefficient (Wildman–Crippen LogP) is 7.55. The maximum absolute atomic E-state index is 12.9. The zero-order chi connectivity index (χ0) is 24.0. The molecule has 1 N–H and O–H groups in total. The van der Waals surface area contributed by atoms with E-state index in [1.54, 1.807) is 0 Å². The number of aromatic nitrogens is 2. The van der Waals surface area contributed by atoms with E-state index in [2.05, 4.69) is 60.5 Å². The van der Waals surface area contributed by atoms with Gasteiger partial charge in [0.1, 0.15) is 6.04 Å². The Balaban J connectivity index is 1.59. The number of hydrogen-bond donors (Lipinski definition) is 1. The van der Waals surface area contributed by atoms with Crippen LogP contribution in [0.5, 0.6) is 0 Å². The first kappa shape index (κ1) is 22.2. The molecule has 1 aliphatic rings. The van der Waals surface area contributed by atoms with E-state index in [0.29, 0.717) is 17.4 Å². The molecule has 7 heteroatoms. The quantitative estimate of drug-likeness (QED) is 0.341. The van der Waals surface area contributed by atoms with Crippen LogP contribution in [-0.2, 0) is 6.18 Å². The van der Waals surface area contributed by atoms with E-state index in [-0.39, 0.29) is 11.7 Å². The van der Waals surface area contributed by atoms with E-state index in [4.69, 9.17) is 4.52 Å². The average Bonchev–Trinajstić information content (AvgIpc) is 3.27. The Labute approximate surface area is 195 Å². The molecule has 1 aliphatic heterocycles. The molecular weight excluding hydrogens is 439 g/mol. The minimum absolute atomic E-state index is 0.153. The van der Waals surface area contributed by atoms with Crippen molar-refractivity contribution in [2.24, 2.45) is 0 Å². The number of nitrogens with zero attached hydrogens (tertiary/aromatic N) is 2. The highest BCUT2D eigenvalue weighted by molar-refractivity contribution is 5.66. The summed E-state index contributed by atoms with van der Waals surface area (Å²) < 4.78 is 44.5. The molecule has 0 radical (unpaired) electrons. The van der Waals surface area contributed by atoms with E-state index in [0.717, 1.165) is 28.9 Å². The Hall–Kier alpha value is -3.61. The number of fused-ring (bicyclic) bond motifs is 2. The molecule has 4 aromatic rings. The summed E-state index contributed by atoms with van der Waals surface area (Å²) in [5.74, 6) is 1.07. The first-order valence-corrected chi connectivity index (χ1v) is 11.2. The Kier molecular flexibility index (Phi) is 5.42. The van der Waals surface area contributed by atoms with E-state index in [1.165, 1.54) is 23.3 Å². The van der Waals surface area contributed by atoms with Gasteiger partial charge in [-0.15, -0.1) is 0 Å². The fourth-order valence-electron chi connectivity index (χ4n) is 4.63. The zero-order valence-electron chi connectivity index (χ0n) is 19.0. The number of rotatable bonds is 3. The van der Waals surface area contributed by atoms with Crippen LogP contribution in [0.15, 0.2) is 71.3 Å². The Morgan fingerprint density at radius 3 is 2.24 bits per heavy atom. The third-order valence-electron chi connectivity index (χ3n) is 6.44. The molecule has 1 aromatic heterocycles. The molecule has 0 amide bonds. The highest BCUT2D eigenvalue weighted by atomic mass is 19.4. The van der Waals surface area contributed by atoms with Crippen LogP contribution in [0.4, 0.5) is 18.9 Å². The Bertz CT molecular complexity index is 1330. The van der Waals surface area contributed by atoms with Crippen molar-refractivity contribution in [3.8, 4) is 11.4 Å². The van der Waals surface area contributed by atoms with Gasteiger partial charge in [0.25, 0.3) is 5.89 Å². The van der Waals surface area contributed by atoms with Crippen molar-refractivity contribution < 1.29 is 17.7 Å². The summed E-state index contributed by atoms with van der Waals surface area (Å²) in [7, 11) is 0. The second-order valence-electron chi connectivity index (χ2n) is 8.93. The van der Waals surface area contributed by atoms with Crippen LogP contribution in [-0.4, -0.2) is 10.1 Å². The van der Waals surface area contributed by atoms with Gasteiger partial charge in [-0.25, -0.2) is 0 Å². The van der Waals surface area contributed by atoms with E-state index in [1.807, 2.05) is 18.2 Å². The van der Waals surface area contributed by atoms with Crippen LogP contribution < -0.4 is 5.32 Å². The smallest absolute Gasteiger partial charge is 0.370 e. The van der Waals surface area contributed by atoms with Crippen molar-refractivity contribution in [3.05, 3.63) is 100 Å². The van der Waals surface area contributed by atoms with Gasteiger partial charge >= 0.3 is 6.18 Å². The van der Waals surface area contributed by atoms with Crippen molar-refractivity contribution in [1.82, 2.24) is 10.1 Å². The SMILES string of the molecule is CC(C)c1cccc2c1NC(c1nc(-c3ccc(C(F)(F)F)cc3)no1)c1ccccc1C2C. The molecule has 34 heavy (non-hydrogen) atoms. The van der Waals surface area contributed by atoms with Gasteiger partial charge in [0.05, 0.1) is 5.56 Å². The number of hydrogen-bond acceptors (Lipinski definition) is 4. The molecule has 0 saturated carbocycles. The molecule has 4 nitrogen and oxygen atoms in total. The molecule has 0 saturated heterocycles. The number of anilines is 1. The predicted molar refractivity (Wildman–Crippen MR) is 125 cm³/mol. The van der Waals surface area contributed by atoms with Gasteiger partial charge in [-0.3, -0.25) is 0 Å². The Morgan fingerprint density at radius 1 is 0.882 bits per heavy atom. The van der Waals surface area contributed by atoms with E-state index in [9.17, 15) is 13.2 Å². The first-order chi connectivity index (χ1) is 16.2. The van der Waals surface area contributed by atoms with Crippen molar-refractivity contribution in [2.75, 3.05) is 5.32 Å². The summed E-state index contributed by atoms with van der Waals surface area (Å²) in [5, 5.41) is 7.74. The van der Waals surface area contributed by atoms with Crippen molar-refractivity contribution in [2.45, 2.75) is 44.8 Å². The molecule has 5 rings (SSSR count). The fraction of sp³-hybridized carbons (Fsp3) is 0.259. The molecule has 2 atom stereocenters. The van der Waals surface area contributed by atoms with Gasteiger partial charge in [-0.2, -0.15) is 18.2 Å². The molecule has 2 heterocycles. The van der Waals surface area contributed by atoms with Crippen LogP contribution in [0.1, 0.15) is 72.4 Å². The lowest BCUT2D eigenvalue weighted by Crippen LogP contribution is -2.14. The summed E-state index contributed by atoms with van der Waals surface area (Å²) in [6, 6.07) is 18.9. The second kappa shape index (κ2) is 8.31. The topological polar surface area (TPSA) is 51.0 Å². The fourth-order valence-corrected chi connectivity index (χ4v) is 4.63. The lowest BCUT2D eigenvalue weighted by Gasteiger charge is -2.21. The minimum atomic E-state index is -4.40. The van der Waals surface area contributed by atoms with Crippen LogP contribution >= 0.6 is 0 Å². The van der Waals surface area contributed by atoms with Crippen LogP contribution in [0.2, 0.25) is 0 Å². The molecule has 0 spiro atoms. The van der Waals surface area contributed by atoms with Gasteiger partial charge < -0.3 is 9.84 Å². The lowest BCUT2D eigenvalue weighted by molar-refractivity contribution is -0.137. The third-order valence-corrected chi connectivity index (χ3v) is 6.44. The zero-order valence-corrected chi connectivity index (χ0v) is 19.0. The molecule has 0 aliphatic carbocycles. The molecule has 174 valence electrons. The summed E-state index contributed by atoms with van der Waals surface area (Å²) >= 11 is 0. The van der Waals surface area contributed by atoms with E-state index >= 15 is 0 Å². The molecule has 0 bridgehead atoms. The Morgan fingerprint density at radius 2 is 1.56 bits per heavy atom. The number of benzene rings is 3. The maximum atomic E-state index is 12.9. The number of alkyl halides is 3. The van der Waals surface area contributed by atoms with Crippen molar-refractivity contribution >= 4 is 5.69 Å². The van der Waals surface area contributed by atoms with E-state index < -0.39 is 17.8 Å². The highest BCUT2D eigenvalue weighted by Crippen LogP contribution is 2.44. The lowest BCUT2D eigenvalue weighted by atomic mass is 9.87. The van der Waals surface area contributed by atoms with Gasteiger partial charge in [-0.1, -0.05) is 80.5 Å². The number of nitrogens with one attached hydrogen (secondary N) is 1. The summed E-state index contributed by atoms with van der Waals surface area (Å²) in [6.45, 7) is 6.50. The largest absolute Gasteiger partial charge is 0.416 e. The molecule has 3 aromatic carbocycles. The number of para-hydroxylation sites is 1. The summed E-state index contributed by atoms with van der Waals surface area (Å²) in [5.41, 5.74) is 5.39. The molecule has 2 unspecified atom stereocenters. The van der Waals surface area contributed by atoms with Gasteiger partial charge in [0.2, 0.25) is 5.82 Å². The minimum Gasteiger partial charge on any atom is -0.370 e. The normalized spacial score (nSPS) is 17.6. The van der Waals surface area contributed by atoms with Gasteiger partial charge in [0.15, 0.2) is 0 Å². The van der Waals surface area contributed by atoms with Crippen LogP contribution in [0.25, 0.3) is 11.4 Å². The van der Waals surface area contributed by atoms with Gasteiger partial charge in [-0.05, 0) is 40.3 Å². The summed E-state index contributed by atoms with van der Waals surface area (Å²) in [6.07, 6.45) is -4.40. The second-order valence-corrected chi connectivity index (χ2v) is 8.93. The number of halogens is 3. The van der Waals surface area contributed by atoms with Crippen LogP contribution in [0.3, 0.4) is 0 Å².